The molecule has 1 aliphatic rings. The third-order valence-electron chi connectivity index (χ3n) is 12.5. The van der Waals surface area contributed by atoms with E-state index in [0.29, 0.717) is 85.0 Å². The standard InChI is InChI=1S/C48H84N6O12/c1-12-34(6)43(53(9)47(58)37(29-32(2)3)50-46(57)42(33(4)5)52(8)21-22-63-23-24-64-25-26-65-27-28-66-49)40(61-10)31-41(55)54-20-16-19-39(54)44(62-11)35(7)45(56)51-38(48(59)60)30-36-17-14-13-15-18-36/h13-15,17-18,32-35,37-40,42-44H,12,16,19-31,49H2,1-11H3,(H,50,57)(H,51,56)(H,59,60)/t34-,35+,37-,38-,39-,40+,42-,43-,44+/m0/s1. The molecule has 0 aromatic heterocycles. The number of nitrogens with zero attached hydrogens (tertiary/aromatic N) is 3. The van der Waals surface area contributed by atoms with E-state index in [-0.39, 0.29) is 48.3 Å². The van der Waals surface area contributed by atoms with E-state index in [4.69, 9.17) is 29.6 Å². The average Bonchev–Trinajstić information content (AvgIpc) is 3.77. The first-order chi connectivity index (χ1) is 31.4. The van der Waals surface area contributed by atoms with E-state index >= 15 is 0 Å². The highest BCUT2D eigenvalue weighted by Crippen LogP contribution is 2.30. The van der Waals surface area contributed by atoms with E-state index in [0.717, 1.165) is 5.56 Å². The largest absolute Gasteiger partial charge is 0.480 e. The molecule has 1 aromatic carbocycles. The number of carboxylic acids is 1. The first-order valence-electron chi connectivity index (χ1n) is 23.7. The number of ether oxygens (including phenoxy) is 5. The predicted octanol–water partition coefficient (Wildman–Crippen LogP) is 3.15. The molecule has 4 amide bonds. The summed E-state index contributed by atoms with van der Waals surface area (Å²) in [5.74, 6) is 1.77. The van der Waals surface area contributed by atoms with Crippen LogP contribution in [-0.4, -0.2) is 179 Å². The normalized spacial score (nSPS) is 17.8. The lowest BCUT2D eigenvalue weighted by Gasteiger charge is -2.41. The van der Waals surface area contributed by atoms with Gasteiger partial charge in [-0.05, 0) is 49.6 Å². The van der Waals surface area contributed by atoms with Crippen LogP contribution in [-0.2, 0) is 58.9 Å². The fourth-order valence-electron chi connectivity index (χ4n) is 8.86. The second kappa shape index (κ2) is 31.3. The summed E-state index contributed by atoms with van der Waals surface area (Å²) in [6.45, 7) is 17.3. The zero-order valence-electron chi connectivity index (χ0n) is 41.7. The number of carbonyl (C=O) groups excluding carboxylic acids is 4. The Kier molecular flexibility index (Phi) is 27.7. The van der Waals surface area contributed by atoms with Crippen molar-refractivity contribution in [1.82, 2.24) is 25.3 Å². The highest BCUT2D eigenvalue weighted by atomic mass is 16.6. The Bertz CT molecular complexity index is 1570. The number of likely N-dealkylation sites (tertiary alicyclic amines) is 1. The third kappa shape index (κ3) is 19.1. The highest BCUT2D eigenvalue weighted by Gasteiger charge is 2.43. The molecule has 1 heterocycles. The van der Waals surface area contributed by atoms with Gasteiger partial charge in [0.2, 0.25) is 23.6 Å². The van der Waals surface area contributed by atoms with Crippen molar-refractivity contribution in [2.24, 2.45) is 29.6 Å². The first kappa shape index (κ1) is 58.4. The number of rotatable bonds is 34. The van der Waals surface area contributed by atoms with Gasteiger partial charge in [0.1, 0.15) is 12.1 Å². The summed E-state index contributed by atoms with van der Waals surface area (Å²) in [5, 5.41) is 15.7. The van der Waals surface area contributed by atoms with Crippen molar-refractivity contribution < 1.29 is 57.6 Å². The minimum absolute atomic E-state index is 0.0378. The number of methoxy groups -OCH3 is 2. The summed E-state index contributed by atoms with van der Waals surface area (Å²) in [6.07, 6.45) is 1.05. The number of nitrogens with one attached hydrogen (secondary N) is 2. The van der Waals surface area contributed by atoms with Gasteiger partial charge in [0.05, 0.1) is 88.9 Å². The Balaban J connectivity index is 2.17. The van der Waals surface area contributed by atoms with Crippen molar-refractivity contribution >= 4 is 29.6 Å². The monoisotopic (exact) mass is 937 g/mol. The maximum Gasteiger partial charge on any atom is 0.326 e. The van der Waals surface area contributed by atoms with Gasteiger partial charge in [-0.2, -0.15) is 0 Å². The summed E-state index contributed by atoms with van der Waals surface area (Å²) >= 11 is 0. The molecule has 9 atom stereocenters. The first-order valence-corrected chi connectivity index (χ1v) is 23.7. The molecular formula is C48H84N6O12. The second-order valence-electron chi connectivity index (χ2n) is 18.2. The van der Waals surface area contributed by atoms with Crippen molar-refractivity contribution in [2.45, 2.75) is 129 Å². The lowest BCUT2D eigenvalue weighted by Crippen LogP contribution is -2.59. The Hall–Kier alpha value is -3.75. The summed E-state index contributed by atoms with van der Waals surface area (Å²) in [5.41, 5.74) is 0.776. The molecule has 18 heteroatoms. The van der Waals surface area contributed by atoms with Crippen LogP contribution >= 0.6 is 0 Å². The Morgan fingerprint density at radius 3 is 1.95 bits per heavy atom. The fraction of sp³-hybridized carbons (Fsp3) is 0.771. The second-order valence-corrected chi connectivity index (χ2v) is 18.2. The van der Waals surface area contributed by atoms with Crippen LogP contribution in [0.1, 0.15) is 86.1 Å². The van der Waals surface area contributed by atoms with Gasteiger partial charge in [-0.25, -0.2) is 10.7 Å². The van der Waals surface area contributed by atoms with E-state index in [2.05, 4.69) is 15.5 Å². The van der Waals surface area contributed by atoms with Crippen LogP contribution in [0.3, 0.4) is 0 Å². The summed E-state index contributed by atoms with van der Waals surface area (Å²) in [4.78, 5) is 78.6. The quantitative estimate of drug-likeness (QED) is 0.0577. The van der Waals surface area contributed by atoms with E-state index < -0.39 is 60.2 Å². The molecule has 66 heavy (non-hydrogen) atoms. The van der Waals surface area contributed by atoms with Crippen molar-refractivity contribution in [2.75, 3.05) is 87.7 Å². The summed E-state index contributed by atoms with van der Waals surface area (Å²) in [7, 11) is 6.62. The predicted molar refractivity (Wildman–Crippen MR) is 251 cm³/mol. The number of nitrogens with two attached hydrogens (primary N) is 1. The highest BCUT2D eigenvalue weighted by molar-refractivity contribution is 5.90. The lowest BCUT2D eigenvalue weighted by atomic mass is 9.89. The van der Waals surface area contributed by atoms with Gasteiger partial charge in [0.15, 0.2) is 0 Å². The number of hydrogen-bond donors (Lipinski definition) is 4. The minimum Gasteiger partial charge on any atom is -0.480 e. The molecule has 5 N–H and O–H groups in total. The van der Waals surface area contributed by atoms with E-state index in [1.807, 2.05) is 83.8 Å². The van der Waals surface area contributed by atoms with Gasteiger partial charge in [-0.3, -0.25) is 24.1 Å². The van der Waals surface area contributed by atoms with Crippen LogP contribution in [0.4, 0.5) is 0 Å². The SMILES string of the molecule is CC[C@H](C)[C@@H]([C@@H](CC(=O)N1CCC[C@H]1[C@H](OC)[C@@H](C)C(=O)N[C@@H](Cc1ccccc1)C(=O)O)OC)N(C)C(=O)[C@H](CC(C)C)NC(=O)[C@H](C(C)C)N(C)CCOCCOCCOCCON. The smallest absolute Gasteiger partial charge is 0.326 e. The Morgan fingerprint density at radius 1 is 0.833 bits per heavy atom. The topological polar surface area (TPSA) is 221 Å². The molecule has 0 unspecified atom stereocenters. The molecule has 378 valence electrons. The molecule has 0 bridgehead atoms. The van der Waals surface area contributed by atoms with Crippen LogP contribution in [0.15, 0.2) is 30.3 Å². The molecule has 0 radical (unpaired) electrons. The third-order valence-corrected chi connectivity index (χ3v) is 12.5. The number of amides is 4. The molecular weight excluding hydrogens is 853 g/mol. The average molecular weight is 937 g/mol. The fourth-order valence-corrected chi connectivity index (χ4v) is 8.86. The summed E-state index contributed by atoms with van der Waals surface area (Å²) < 4.78 is 28.6. The molecule has 18 nitrogen and oxygen atoms in total. The number of benzene rings is 1. The van der Waals surface area contributed by atoms with Crippen molar-refractivity contribution in [3.8, 4) is 0 Å². The van der Waals surface area contributed by atoms with Crippen LogP contribution < -0.4 is 16.5 Å². The molecule has 1 aliphatic heterocycles. The zero-order valence-corrected chi connectivity index (χ0v) is 41.7. The number of aliphatic carboxylic acids is 1. The van der Waals surface area contributed by atoms with Crippen LogP contribution in [0.2, 0.25) is 0 Å². The van der Waals surface area contributed by atoms with Crippen LogP contribution in [0.5, 0.6) is 0 Å². The molecule has 0 aliphatic carbocycles. The molecule has 1 fully saturated rings. The van der Waals surface area contributed by atoms with E-state index in [1.54, 1.807) is 23.8 Å². The van der Waals surface area contributed by atoms with Gasteiger partial charge >= 0.3 is 5.97 Å². The van der Waals surface area contributed by atoms with E-state index in [1.165, 1.54) is 14.2 Å². The molecule has 2 rings (SSSR count). The van der Waals surface area contributed by atoms with Gasteiger partial charge < -0.3 is 54.1 Å². The van der Waals surface area contributed by atoms with Gasteiger partial charge in [-0.1, -0.05) is 85.2 Å². The van der Waals surface area contributed by atoms with Crippen molar-refractivity contribution in [3.05, 3.63) is 35.9 Å². The van der Waals surface area contributed by atoms with Crippen molar-refractivity contribution in [1.29, 1.82) is 0 Å². The maximum atomic E-state index is 14.6. The number of carbonyl (C=O) groups is 5. The van der Waals surface area contributed by atoms with Gasteiger partial charge in [-0.15, -0.1) is 0 Å². The molecule has 0 spiro atoms. The molecule has 0 saturated carbocycles. The van der Waals surface area contributed by atoms with Gasteiger partial charge in [0.25, 0.3) is 0 Å². The number of carboxylic acid groups (broad SMARTS) is 1. The Labute approximate surface area is 394 Å². The summed E-state index contributed by atoms with van der Waals surface area (Å²) in [6, 6.07) is 5.61. The van der Waals surface area contributed by atoms with Crippen molar-refractivity contribution in [3.63, 3.8) is 0 Å². The Morgan fingerprint density at radius 2 is 1.42 bits per heavy atom. The minimum atomic E-state index is -1.15. The number of hydrogen-bond acceptors (Lipinski definition) is 13. The zero-order chi connectivity index (χ0) is 49.3. The van der Waals surface area contributed by atoms with E-state index in [9.17, 15) is 29.1 Å². The number of likely N-dealkylation sites (N-methyl/N-ethyl adjacent to an activating group) is 2. The lowest BCUT2D eigenvalue weighted by molar-refractivity contribution is -0.148. The maximum absolute atomic E-state index is 14.6. The van der Waals surface area contributed by atoms with Crippen LogP contribution in [0.25, 0.3) is 0 Å². The molecule has 1 aromatic rings. The van der Waals surface area contributed by atoms with Gasteiger partial charge in [0, 0.05) is 40.8 Å². The molecule has 1 saturated heterocycles. The van der Waals surface area contributed by atoms with Crippen LogP contribution in [0, 0.1) is 23.7 Å².